The molecule has 0 heterocycles. The largest absolute Gasteiger partial charge is 1.00 e. The van der Waals surface area contributed by atoms with Crippen LogP contribution in [0.15, 0.2) is 48.5 Å². The van der Waals surface area contributed by atoms with E-state index >= 15 is 0 Å². The molecular formula is C17H13KO5. The molecule has 0 aliphatic carbocycles. The molecule has 23 heavy (non-hydrogen) atoms. The first-order valence-electron chi connectivity index (χ1n) is 6.53. The minimum absolute atomic E-state index is 0. The number of aromatic carboxylic acids is 1. The molecule has 0 aliphatic heterocycles. The van der Waals surface area contributed by atoms with E-state index in [1.165, 1.54) is 31.4 Å². The molecular weight excluding hydrogens is 323 g/mol. The van der Waals surface area contributed by atoms with E-state index in [4.69, 9.17) is 4.74 Å². The summed E-state index contributed by atoms with van der Waals surface area (Å²) in [7, 11) is 1.52. The monoisotopic (exact) mass is 336 g/mol. The number of carboxylic acids is 1. The number of carbonyl (C=O) groups excluding carboxylic acids is 3. The molecule has 0 amide bonds. The number of ketones is 2. The Morgan fingerprint density at radius 2 is 1.48 bits per heavy atom. The third-order valence-electron chi connectivity index (χ3n) is 3.15. The van der Waals surface area contributed by atoms with Crippen LogP contribution < -0.4 is 61.2 Å². The number of hydrogen-bond donors (Lipinski definition) is 0. The van der Waals surface area contributed by atoms with Gasteiger partial charge in [-0.1, -0.05) is 18.2 Å². The summed E-state index contributed by atoms with van der Waals surface area (Å²) in [6, 6.07) is 11.9. The van der Waals surface area contributed by atoms with Crippen molar-refractivity contribution >= 4 is 17.5 Å². The van der Waals surface area contributed by atoms with Gasteiger partial charge in [-0.05, 0) is 35.9 Å². The summed E-state index contributed by atoms with van der Waals surface area (Å²) in [6.45, 7) is 0. The molecule has 0 aromatic heterocycles. The second-order valence-electron chi connectivity index (χ2n) is 4.62. The van der Waals surface area contributed by atoms with Gasteiger partial charge in [-0.3, -0.25) is 9.59 Å². The summed E-state index contributed by atoms with van der Waals surface area (Å²) in [5, 5.41) is 10.8. The number of ether oxygens (including phenoxy) is 1. The van der Waals surface area contributed by atoms with Crippen molar-refractivity contribution in [3.05, 3.63) is 65.2 Å². The summed E-state index contributed by atoms with van der Waals surface area (Å²) in [5.41, 5.74) is 0.469. The summed E-state index contributed by atoms with van der Waals surface area (Å²) in [5.74, 6) is -1.53. The molecule has 0 fully saturated rings. The van der Waals surface area contributed by atoms with Crippen LogP contribution in [0.4, 0.5) is 0 Å². The van der Waals surface area contributed by atoms with Gasteiger partial charge in [-0.15, -0.1) is 0 Å². The number of carbonyl (C=O) groups is 3. The van der Waals surface area contributed by atoms with Crippen molar-refractivity contribution < 1.29 is 75.6 Å². The van der Waals surface area contributed by atoms with Crippen LogP contribution in [-0.2, 0) is 0 Å². The smallest absolute Gasteiger partial charge is 0.545 e. The summed E-state index contributed by atoms with van der Waals surface area (Å²) in [4.78, 5) is 34.9. The molecule has 2 aromatic carbocycles. The molecule has 0 saturated carbocycles. The van der Waals surface area contributed by atoms with Crippen LogP contribution in [0.2, 0.25) is 0 Å². The Bertz CT molecular complexity index is 722. The normalized spacial score (nSPS) is 9.61. The first-order valence-corrected chi connectivity index (χ1v) is 6.53. The number of Topliss-reactive ketones (excluding diaryl/α,β-unsaturated/α-hetero) is 2. The maximum atomic E-state index is 12.1. The van der Waals surface area contributed by atoms with Crippen LogP contribution in [0.5, 0.6) is 5.75 Å². The average Bonchev–Trinajstić information content (AvgIpc) is 2.54. The fourth-order valence-corrected chi connectivity index (χ4v) is 1.95. The van der Waals surface area contributed by atoms with Gasteiger partial charge in [-0.2, -0.15) is 0 Å². The van der Waals surface area contributed by atoms with E-state index in [-0.39, 0.29) is 74.7 Å². The molecule has 0 N–H and O–H groups in total. The van der Waals surface area contributed by atoms with E-state index in [0.717, 1.165) is 0 Å². The average molecular weight is 336 g/mol. The molecule has 112 valence electrons. The van der Waals surface area contributed by atoms with Crippen LogP contribution in [0.3, 0.4) is 0 Å². The van der Waals surface area contributed by atoms with Crippen molar-refractivity contribution in [3.63, 3.8) is 0 Å². The summed E-state index contributed by atoms with van der Waals surface area (Å²) in [6.07, 6.45) is -0.331. The van der Waals surface area contributed by atoms with E-state index < -0.39 is 11.8 Å². The topological polar surface area (TPSA) is 83.5 Å². The van der Waals surface area contributed by atoms with Crippen molar-refractivity contribution in [2.45, 2.75) is 6.42 Å². The van der Waals surface area contributed by atoms with Gasteiger partial charge in [0, 0.05) is 11.1 Å². The van der Waals surface area contributed by atoms with Crippen molar-refractivity contribution in [3.8, 4) is 5.75 Å². The van der Waals surface area contributed by atoms with Crippen molar-refractivity contribution in [2.75, 3.05) is 7.11 Å². The molecule has 0 atom stereocenters. The number of rotatable bonds is 6. The maximum absolute atomic E-state index is 12.1. The number of hydrogen-bond acceptors (Lipinski definition) is 5. The molecule has 5 nitrogen and oxygen atoms in total. The molecule has 2 rings (SSSR count). The minimum Gasteiger partial charge on any atom is -0.545 e. The molecule has 0 saturated heterocycles. The first kappa shape index (κ1) is 19.7. The first-order chi connectivity index (χ1) is 10.5. The van der Waals surface area contributed by atoms with Crippen LogP contribution >= 0.6 is 0 Å². The third-order valence-corrected chi connectivity index (χ3v) is 3.15. The van der Waals surface area contributed by atoms with Gasteiger partial charge >= 0.3 is 51.4 Å². The Morgan fingerprint density at radius 3 is 2.04 bits per heavy atom. The van der Waals surface area contributed by atoms with Crippen molar-refractivity contribution in [2.24, 2.45) is 0 Å². The fraction of sp³-hybridized carbons (Fsp3) is 0.118. The number of methoxy groups -OCH3 is 1. The van der Waals surface area contributed by atoms with Crippen LogP contribution in [-0.4, -0.2) is 24.6 Å². The Hall–Kier alpha value is -1.31. The Kier molecular flexibility index (Phi) is 7.80. The molecule has 6 heteroatoms. The van der Waals surface area contributed by atoms with E-state index in [0.29, 0.717) is 11.3 Å². The van der Waals surface area contributed by atoms with Gasteiger partial charge in [0.25, 0.3) is 0 Å². The predicted molar refractivity (Wildman–Crippen MR) is 77.0 cm³/mol. The zero-order valence-electron chi connectivity index (χ0n) is 12.9. The summed E-state index contributed by atoms with van der Waals surface area (Å²) >= 11 is 0. The zero-order valence-corrected chi connectivity index (χ0v) is 16.0. The van der Waals surface area contributed by atoms with Crippen LogP contribution in [0.25, 0.3) is 0 Å². The quantitative estimate of drug-likeness (QED) is 0.365. The molecule has 0 radical (unpaired) electrons. The molecule has 2 aromatic rings. The van der Waals surface area contributed by atoms with Gasteiger partial charge in [0.15, 0.2) is 11.6 Å². The minimum atomic E-state index is -1.36. The second kappa shape index (κ2) is 9.10. The van der Waals surface area contributed by atoms with Crippen LogP contribution in [0.1, 0.15) is 37.5 Å². The van der Waals surface area contributed by atoms with Crippen LogP contribution in [0, 0.1) is 0 Å². The number of carboxylic acid groups (broad SMARTS) is 1. The van der Waals surface area contributed by atoms with E-state index in [2.05, 4.69) is 0 Å². The Balaban J connectivity index is 0.00000264. The van der Waals surface area contributed by atoms with Crippen molar-refractivity contribution in [1.29, 1.82) is 0 Å². The Morgan fingerprint density at radius 1 is 0.913 bits per heavy atom. The van der Waals surface area contributed by atoms with E-state index in [1.54, 1.807) is 24.3 Å². The van der Waals surface area contributed by atoms with Crippen molar-refractivity contribution in [1.82, 2.24) is 0 Å². The van der Waals surface area contributed by atoms with E-state index in [1.807, 2.05) is 0 Å². The SMILES string of the molecule is COc1ccc(C(=O)CC(=O)c2cccc(C(=O)[O-])c2)cc1.[K+]. The van der Waals surface area contributed by atoms with Gasteiger partial charge < -0.3 is 14.6 Å². The Labute approximate surface area is 176 Å². The third kappa shape index (κ3) is 5.37. The predicted octanol–water partition coefficient (Wildman–Crippen LogP) is -1.48. The molecule has 0 spiro atoms. The second-order valence-corrected chi connectivity index (χ2v) is 4.62. The van der Waals surface area contributed by atoms with Gasteiger partial charge in [0.2, 0.25) is 0 Å². The zero-order chi connectivity index (χ0) is 16.1. The van der Waals surface area contributed by atoms with Gasteiger partial charge in [-0.25, -0.2) is 0 Å². The maximum Gasteiger partial charge on any atom is 1.00 e. The van der Waals surface area contributed by atoms with E-state index in [9.17, 15) is 19.5 Å². The molecule has 0 unspecified atom stereocenters. The number of benzene rings is 2. The van der Waals surface area contributed by atoms with Gasteiger partial charge in [0.1, 0.15) is 5.75 Å². The fourth-order valence-electron chi connectivity index (χ4n) is 1.95. The molecule has 0 aliphatic rings. The van der Waals surface area contributed by atoms with Gasteiger partial charge in [0.05, 0.1) is 19.5 Å². The standard InChI is InChI=1S/C17H14O5.K/c1-22-14-7-5-11(6-8-14)15(18)10-16(19)12-3-2-4-13(9-12)17(20)21;/h2-9H,10H2,1H3,(H,20,21);/q;+1/p-1. The summed E-state index contributed by atoms with van der Waals surface area (Å²) < 4.78 is 5.00. The molecule has 0 bridgehead atoms.